The molecule has 4 nitrogen and oxygen atoms in total. The number of carbonyl (C=O) groups is 1. The first-order valence-electron chi connectivity index (χ1n) is 6.41. The quantitative estimate of drug-likeness (QED) is 0.763. The van der Waals surface area contributed by atoms with Crippen LogP contribution in [0.25, 0.3) is 0 Å². The first kappa shape index (κ1) is 14.7. The molecule has 0 radical (unpaired) electrons. The Kier molecular flexibility index (Phi) is 5.29. The summed E-state index contributed by atoms with van der Waals surface area (Å²) in [4.78, 5) is 14.8. The van der Waals surface area contributed by atoms with E-state index in [4.69, 9.17) is 10.2 Å². The maximum atomic E-state index is 12.2. The summed E-state index contributed by atoms with van der Waals surface area (Å²) < 4.78 is 0. The molecule has 106 valence electrons. The zero-order valence-corrected chi connectivity index (χ0v) is 11.8. The molecule has 1 heterocycles. The summed E-state index contributed by atoms with van der Waals surface area (Å²) in [6.45, 7) is 0.962. The SMILES string of the molecule is O=C(c1ccc(N(CCO)CCO)cc1)c1cccs1. The van der Waals surface area contributed by atoms with E-state index < -0.39 is 0 Å². The minimum absolute atomic E-state index is 0.0161. The van der Waals surface area contributed by atoms with Crippen molar-refractivity contribution in [2.45, 2.75) is 0 Å². The molecule has 1 aromatic carbocycles. The Morgan fingerprint density at radius 1 is 1.05 bits per heavy atom. The van der Waals surface area contributed by atoms with Crippen molar-refractivity contribution in [3.63, 3.8) is 0 Å². The van der Waals surface area contributed by atoms with Crippen molar-refractivity contribution in [2.24, 2.45) is 0 Å². The van der Waals surface area contributed by atoms with Crippen LogP contribution in [0, 0.1) is 0 Å². The smallest absolute Gasteiger partial charge is 0.202 e. The van der Waals surface area contributed by atoms with E-state index in [1.165, 1.54) is 11.3 Å². The van der Waals surface area contributed by atoms with Crippen LogP contribution in [0.4, 0.5) is 5.69 Å². The number of carbonyl (C=O) groups excluding carboxylic acids is 1. The summed E-state index contributed by atoms with van der Waals surface area (Å²) in [5.41, 5.74) is 1.53. The van der Waals surface area contributed by atoms with Gasteiger partial charge in [0.05, 0.1) is 18.1 Å². The van der Waals surface area contributed by atoms with Crippen molar-refractivity contribution < 1.29 is 15.0 Å². The van der Waals surface area contributed by atoms with Crippen LogP contribution in [-0.2, 0) is 0 Å². The second kappa shape index (κ2) is 7.19. The highest BCUT2D eigenvalue weighted by Crippen LogP contribution is 2.19. The van der Waals surface area contributed by atoms with Crippen molar-refractivity contribution in [2.75, 3.05) is 31.2 Å². The van der Waals surface area contributed by atoms with Gasteiger partial charge in [0, 0.05) is 24.3 Å². The van der Waals surface area contributed by atoms with E-state index in [1.807, 2.05) is 34.5 Å². The number of thiophene rings is 1. The first-order chi connectivity index (χ1) is 9.76. The Morgan fingerprint density at radius 3 is 2.20 bits per heavy atom. The third-order valence-corrected chi connectivity index (χ3v) is 3.85. The molecule has 0 aliphatic carbocycles. The molecule has 0 fully saturated rings. The summed E-state index contributed by atoms with van der Waals surface area (Å²) in [5, 5.41) is 19.9. The fraction of sp³-hybridized carbons (Fsp3) is 0.267. The van der Waals surface area contributed by atoms with Gasteiger partial charge in [-0.25, -0.2) is 0 Å². The highest BCUT2D eigenvalue weighted by Gasteiger charge is 2.11. The minimum Gasteiger partial charge on any atom is -0.395 e. The van der Waals surface area contributed by atoms with E-state index in [2.05, 4.69) is 0 Å². The number of hydrogen-bond acceptors (Lipinski definition) is 5. The molecule has 0 saturated heterocycles. The van der Waals surface area contributed by atoms with Crippen LogP contribution in [-0.4, -0.2) is 42.3 Å². The fourth-order valence-corrected chi connectivity index (χ4v) is 2.67. The molecule has 0 unspecified atom stereocenters. The highest BCUT2D eigenvalue weighted by atomic mass is 32.1. The molecular weight excluding hydrogens is 274 g/mol. The predicted octanol–water partition coefficient (Wildman–Crippen LogP) is 1.77. The summed E-state index contributed by atoms with van der Waals surface area (Å²) in [6, 6.07) is 10.9. The lowest BCUT2D eigenvalue weighted by molar-refractivity contribution is 0.104. The summed E-state index contributed by atoms with van der Waals surface area (Å²) in [5.74, 6) is 0.0161. The van der Waals surface area contributed by atoms with Gasteiger partial charge in [0.15, 0.2) is 0 Å². The van der Waals surface area contributed by atoms with Crippen molar-refractivity contribution in [1.82, 2.24) is 0 Å². The molecule has 2 aromatic rings. The Labute approximate surface area is 121 Å². The third kappa shape index (κ3) is 3.45. The van der Waals surface area contributed by atoms with E-state index in [9.17, 15) is 4.79 Å². The van der Waals surface area contributed by atoms with Gasteiger partial charge in [-0.1, -0.05) is 6.07 Å². The van der Waals surface area contributed by atoms with Crippen molar-refractivity contribution >= 4 is 22.8 Å². The van der Waals surface area contributed by atoms with Crippen LogP contribution < -0.4 is 4.90 Å². The predicted molar refractivity (Wildman–Crippen MR) is 80.6 cm³/mol. The van der Waals surface area contributed by atoms with Crippen LogP contribution in [0.1, 0.15) is 15.2 Å². The lowest BCUT2D eigenvalue weighted by atomic mass is 10.1. The van der Waals surface area contributed by atoms with E-state index in [0.29, 0.717) is 18.7 Å². The molecule has 0 bridgehead atoms. The summed E-state index contributed by atoms with van der Waals surface area (Å²) >= 11 is 1.43. The van der Waals surface area contributed by atoms with Gasteiger partial charge in [0.2, 0.25) is 5.78 Å². The normalized spacial score (nSPS) is 10.5. The number of rotatable bonds is 7. The topological polar surface area (TPSA) is 60.8 Å². The van der Waals surface area contributed by atoms with Gasteiger partial charge in [-0.15, -0.1) is 11.3 Å². The molecule has 1 aromatic heterocycles. The highest BCUT2D eigenvalue weighted by molar-refractivity contribution is 7.12. The zero-order chi connectivity index (χ0) is 14.4. The number of aliphatic hydroxyl groups is 2. The standard InChI is InChI=1S/C15H17NO3S/c17-9-7-16(8-10-18)13-5-3-12(4-6-13)15(19)14-2-1-11-20-14/h1-6,11,17-18H,7-10H2. The van der Waals surface area contributed by atoms with E-state index in [1.54, 1.807) is 12.1 Å². The number of anilines is 1. The molecule has 0 spiro atoms. The van der Waals surface area contributed by atoms with Crippen LogP contribution in [0.2, 0.25) is 0 Å². The molecule has 2 N–H and O–H groups in total. The molecule has 0 aliphatic heterocycles. The Bertz CT molecular complexity index is 531. The molecular formula is C15H17NO3S. The Morgan fingerprint density at radius 2 is 1.70 bits per heavy atom. The second-order valence-electron chi connectivity index (χ2n) is 4.29. The summed E-state index contributed by atoms with van der Waals surface area (Å²) in [6.07, 6.45) is 0. The van der Waals surface area contributed by atoms with E-state index in [0.717, 1.165) is 10.6 Å². The maximum Gasteiger partial charge on any atom is 0.202 e. The molecule has 2 rings (SSSR count). The van der Waals surface area contributed by atoms with E-state index in [-0.39, 0.29) is 19.0 Å². The molecule has 0 amide bonds. The Hall–Kier alpha value is -1.69. The number of nitrogens with zero attached hydrogens (tertiary/aromatic N) is 1. The third-order valence-electron chi connectivity index (χ3n) is 2.98. The van der Waals surface area contributed by atoms with Gasteiger partial charge in [-0.3, -0.25) is 4.79 Å². The lowest BCUT2D eigenvalue weighted by Gasteiger charge is -2.22. The fourth-order valence-electron chi connectivity index (χ4n) is 1.99. The Balaban J connectivity index is 2.14. The number of aliphatic hydroxyl groups excluding tert-OH is 2. The largest absolute Gasteiger partial charge is 0.395 e. The van der Waals surface area contributed by atoms with Gasteiger partial charge in [-0.05, 0) is 35.7 Å². The molecule has 20 heavy (non-hydrogen) atoms. The average Bonchev–Trinajstić information content (AvgIpc) is 3.01. The molecule has 5 heteroatoms. The van der Waals surface area contributed by atoms with Gasteiger partial charge < -0.3 is 15.1 Å². The molecule has 0 saturated carbocycles. The van der Waals surface area contributed by atoms with Crippen molar-refractivity contribution in [3.05, 3.63) is 52.2 Å². The van der Waals surface area contributed by atoms with Crippen LogP contribution >= 0.6 is 11.3 Å². The monoisotopic (exact) mass is 291 g/mol. The van der Waals surface area contributed by atoms with Gasteiger partial charge in [-0.2, -0.15) is 0 Å². The summed E-state index contributed by atoms with van der Waals surface area (Å²) in [7, 11) is 0. The first-order valence-corrected chi connectivity index (χ1v) is 7.29. The number of ketones is 1. The van der Waals surface area contributed by atoms with Crippen LogP contribution in [0.3, 0.4) is 0 Å². The van der Waals surface area contributed by atoms with Crippen molar-refractivity contribution in [3.8, 4) is 0 Å². The van der Waals surface area contributed by atoms with Crippen LogP contribution in [0.5, 0.6) is 0 Å². The maximum absolute atomic E-state index is 12.2. The average molecular weight is 291 g/mol. The van der Waals surface area contributed by atoms with Crippen molar-refractivity contribution in [1.29, 1.82) is 0 Å². The number of hydrogen-bond donors (Lipinski definition) is 2. The van der Waals surface area contributed by atoms with Gasteiger partial charge >= 0.3 is 0 Å². The zero-order valence-electron chi connectivity index (χ0n) is 11.0. The lowest BCUT2D eigenvalue weighted by Crippen LogP contribution is -2.29. The van der Waals surface area contributed by atoms with Gasteiger partial charge in [0.25, 0.3) is 0 Å². The second-order valence-corrected chi connectivity index (χ2v) is 5.24. The van der Waals surface area contributed by atoms with Gasteiger partial charge in [0.1, 0.15) is 0 Å². The molecule has 0 aliphatic rings. The number of benzene rings is 1. The minimum atomic E-state index is 0.0161. The molecule has 0 atom stereocenters. The van der Waals surface area contributed by atoms with E-state index >= 15 is 0 Å². The van der Waals surface area contributed by atoms with Crippen LogP contribution in [0.15, 0.2) is 41.8 Å².